The average Bonchev–Trinajstić information content (AvgIpc) is 2.62. The number of thioether (sulfide) groups is 1. The largest absolute Gasteiger partial charge is 0.390 e. The van der Waals surface area contributed by atoms with Gasteiger partial charge in [0.2, 0.25) is 0 Å². The summed E-state index contributed by atoms with van der Waals surface area (Å²) in [7, 11) is 0. The van der Waals surface area contributed by atoms with Crippen molar-refractivity contribution in [3.05, 3.63) is 0 Å². The summed E-state index contributed by atoms with van der Waals surface area (Å²) in [5.74, 6) is 2.44. The monoisotopic (exact) mass is 229 g/mol. The number of nitrogens with zero attached hydrogens (tertiary/aromatic N) is 1. The summed E-state index contributed by atoms with van der Waals surface area (Å²) in [6, 6.07) is 0.667. The van der Waals surface area contributed by atoms with Gasteiger partial charge in [-0.05, 0) is 25.0 Å². The van der Waals surface area contributed by atoms with Crippen LogP contribution in [-0.4, -0.2) is 59.0 Å². The van der Waals surface area contributed by atoms with E-state index in [0.717, 1.165) is 26.1 Å². The van der Waals surface area contributed by atoms with Crippen molar-refractivity contribution in [1.29, 1.82) is 0 Å². The van der Waals surface area contributed by atoms with Crippen molar-refractivity contribution >= 4 is 11.8 Å². The molecule has 3 aliphatic heterocycles. The smallest absolute Gasteiger partial charge is 0.0795 e. The number of hydrogen-bond donors (Lipinski definition) is 1. The maximum atomic E-state index is 9.33. The van der Waals surface area contributed by atoms with Gasteiger partial charge >= 0.3 is 0 Å². The Bertz CT molecular complexity index is 237. The molecular formula is C11H19NO2S. The molecule has 3 rings (SSSR count). The molecule has 3 heterocycles. The van der Waals surface area contributed by atoms with Crippen molar-refractivity contribution < 1.29 is 9.84 Å². The van der Waals surface area contributed by atoms with E-state index in [1.54, 1.807) is 0 Å². The van der Waals surface area contributed by atoms with E-state index in [1.165, 1.54) is 24.3 Å². The molecule has 0 aromatic rings. The molecule has 86 valence electrons. The van der Waals surface area contributed by atoms with Crippen molar-refractivity contribution in [2.45, 2.75) is 37.0 Å². The number of β-amino-alcohol motifs (C(OH)–C–C–N with tert-alkyl or cyclic N) is 1. The van der Waals surface area contributed by atoms with Gasteiger partial charge in [0.05, 0.1) is 11.7 Å². The lowest BCUT2D eigenvalue weighted by Crippen LogP contribution is -2.59. The van der Waals surface area contributed by atoms with Gasteiger partial charge in [0.1, 0.15) is 0 Å². The fourth-order valence-corrected chi connectivity index (χ4v) is 4.34. The van der Waals surface area contributed by atoms with Gasteiger partial charge in [-0.2, -0.15) is 11.8 Å². The van der Waals surface area contributed by atoms with Gasteiger partial charge in [-0.25, -0.2) is 0 Å². The van der Waals surface area contributed by atoms with Crippen LogP contribution in [0.15, 0.2) is 0 Å². The third kappa shape index (κ3) is 1.93. The lowest BCUT2D eigenvalue weighted by atomic mass is 9.87. The van der Waals surface area contributed by atoms with Crippen LogP contribution in [0, 0.1) is 0 Å². The molecule has 0 radical (unpaired) electrons. The molecule has 3 nitrogen and oxygen atoms in total. The minimum absolute atomic E-state index is 0.0678. The minimum atomic E-state index is -0.0678. The number of hydrogen-bond acceptors (Lipinski definition) is 4. The summed E-state index contributed by atoms with van der Waals surface area (Å²) in [6.45, 7) is 2.68. The molecule has 0 aromatic heterocycles. The summed E-state index contributed by atoms with van der Waals surface area (Å²) in [5, 5.41) is 9.33. The van der Waals surface area contributed by atoms with Crippen LogP contribution in [0.2, 0.25) is 0 Å². The first-order valence-corrected chi connectivity index (χ1v) is 7.07. The zero-order valence-electron chi connectivity index (χ0n) is 9.02. The first kappa shape index (κ1) is 10.4. The molecule has 3 fully saturated rings. The number of likely N-dealkylation sites (tertiary alicyclic amines) is 1. The zero-order chi connectivity index (χ0) is 10.3. The van der Waals surface area contributed by atoms with Gasteiger partial charge in [0.25, 0.3) is 0 Å². The quantitative estimate of drug-likeness (QED) is 0.718. The molecule has 0 amide bonds. The van der Waals surface area contributed by atoms with Crippen molar-refractivity contribution in [3.63, 3.8) is 0 Å². The van der Waals surface area contributed by atoms with Crippen molar-refractivity contribution in [2.75, 3.05) is 31.2 Å². The Balaban J connectivity index is 1.61. The highest BCUT2D eigenvalue weighted by Crippen LogP contribution is 2.40. The van der Waals surface area contributed by atoms with Gasteiger partial charge in [-0.3, -0.25) is 4.90 Å². The van der Waals surface area contributed by atoms with Crippen molar-refractivity contribution in [2.24, 2.45) is 0 Å². The summed E-state index contributed by atoms with van der Waals surface area (Å²) < 4.78 is 5.99. The highest BCUT2D eigenvalue weighted by Gasteiger charge is 2.43. The van der Waals surface area contributed by atoms with Crippen LogP contribution in [0.1, 0.15) is 19.3 Å². The third-order valence-electron chi connectivity index (χ3n) is 3.94. The molecule has 1 N–H and O–H groups in total. The van der Waals surface area contributed by atoms with Crippen LogP contribution in [0.3, 0.4) is 0 Å². The highest BCUT2D eigenvalue weighted by atomic mass is 32.2. The normalized spacial score (nSPS) is 43.4. The molecule has 3 saturated heterocycles. The zero-order valence-corrected chi connectivity index (χ0v) is 9.84. The molecule has 0 bridgehead atoms. The molecule has 0 aliphatic carbocycles. The van der Waals surface area contributed by atoms with Crippen LogP contribution in [0.4, 0.5) is 0 Å². The van der Waals surface area contributed by atoms with Crippen LogP contribution in [0.25, 0.3) is 0 Å². The summed E-state index contributed by atoms with van der Waals surface area (Å²) >= 11 is 2.03. The Morgan fingerprint density at radius 3 is 2.93 bits per heavy atom. The van der Waals surface area contributed by atoms with Crippen LogP contribution < -0.4 is 0 Å². The molecule has 4 heteroatoms. The Kier molecular flexibility index (Phi) is 2.71. The topological polar surface area (TPSA) is 32.7 Å². The second-order valence-corrected chi connectivity index (χ2v) is 6.19. The molecule has 2 unspecified atom stereocenters. The Morgan fingerprint density at radius 1 is 1.40 bits per heavy atom. The molecule has 0 saturated carbocycles. The SMILES string of the molecule is OC1CN(C2CCOC3(CCSC3)C2)C1. The molecule has 2 atom stereocenters. The number of aliphatic hydroxyl groups is 1. The van der Waals surface area contributed by atoms with E-state index in [4.69, 9.17) is 4.74 Å². The summed E-state index contributed by atoms with van der Waals surface area (Å²) in [6.07, 6.45) is 3.50. The first-order valence-electron chi connectivity index (χ1n) is 5.91. The van der Waals surface area contributed by atoms with Gasteiger partial charge in [-0.15, -0.1) is 0 Å². The van der Waals surface area contributed by atoms with E-state index >= 15 is 0 Å². The van der Waals surface area contributed by atoms with E-state index in [9.17, 15) is 5.11 Å². The number of ether oxygens (including phenoxy) is 1. The average molecular weight is 229 g/mol. The first-order chi connectivity index (χ1) is 7.27. The van der Waals surface area contributed by atoms with Crippen LogP contribution in [-0.2, 0) is 4.74 Å². The second kappa shape index (κ2) is 3.91. The maximum absolute atomic E-state index is 9.33. The van der Waals surface area contributed by atoms with E-state index < -0.39 is 0 Å². The predicted molar refractivity (Wildman–Crippen MR) is 61.2 cm³/mol. The molecule has 0 aromatic carbocycles. The number of rotatable bonds is 1. The van der Waals surface area contributed by atoms with Crippen molar-refractivity contribution in [3.8, 4) is 0 Å². The van der Waals surface area contributed by atoms with Gasteiger partial charge in [-0.1, -0.05) is 0 Å². The molecule has 1 spiro atoms. The molecule has 3 aliphatic rings. The highest BCUT2D eigenvalue weighted by molar-refractivity contribution is 7.99. The minimum Gasteiger partial charge on any atom is -0.390 e. The van der Waals surface area contributed by atoms with E-state index in [2.05, 4.69) is 4.90 Å². The van der Waals surface area contributed by atoms with Crippen molar-refractivity contribution in [1.82, 2.24) is 4.90 Å². The van der Waals surface area contributed by atoms with Crippen LogP contribution >= 0.6 is 11.8 Å². The van der Waals surface area contributed by atoms with Gasteiger partial charge < -0.3 is 9.84 Å². The predicted octanol–water partition coefficient (Wildman–Crippen LogP) is 0.718. The lowest BCUT2D eigenvalue weighted by molar-refractivity contribution is -0.117. The molecular weight excluding hydrogens is 210 g/mol. The number of aliphatic hydroxyl groups excluding tert-OH is 1. The fourth-order valence-electron chi connectivity index (χ4n) is 2.96. The molecule has 15 heavy (non-hydrogen) atoms. The standard InChI is InChI=1S/C11H19NO2S/c13-10-6-12(7-10)9-1-3-14-11(5-9)2-4-15-8-11/h9-10,13H,1-8H2. The van der Waals surface area contributed by atoms with E-state index in [-0.39, 0.29) is 11.7 Å². The van der Waals surface area contributed by atoms with E-state index in [1.807, 2.05) is 11.8 Å². The Labute approximate surface area is 95.2 Å². The van der Waals surface area contributed by atoms with Gasteiger partial charge in [0, 0.05) is 31.5 Å². The summed E-state index contributed by atoms with van der Waals surface area (Å²) in [4.78, 5) is 2.43. The Morgan fingerprint density at radius 2 is 2.27 bits per heavy atom. The summed E-state index contributed by atoms with van der Waals surface area (Å²) in [5.41, 5.74) is 0.189. The second-order valence-electron chi connectivity index (χ2n) is 5.09. The Hall–Kier alpha value is 0.230. The fraction of sp³-hybridized carbons (Fsp3) is 1.00. The van der Waals surface area contributed by atoms with E-state index in [0.29, 0.717) is 6.04 Å². The third-order valence-corrected chi connectivity index (χ3v) is 5.16. The van der Waals surface area contributed by atoms with Crippen LogP contribution in [0.5, 0.6) is 0 Å². The van der Waals surface area contributed by atoms with Gasteiger partial charge in [0.15, 0.2) is 0 Å². The maximum Gasteiger partial charge on any atom is 0.0795 e. The lowest BCUT2D eigenvalue weighted by Gasteiger charge is -2.47.